The Morgan fingerprint density at radius 2 is 1.74 bits per heavy atom. The summed E-state index contributed by atoms with van der Waals surface area (Å²) in [5.74, 6) is -5.22. The molecular weight excluding hydrogens is 754 g/mol. The van der Waals surface area contributed by atoms with Gasteiger partial charge < -0.3 is 39.5 Å². The number of aliphatic hydroxyl groups is 2. The van der Waals surface area contributed by atoms with Gasteiger partial charge in [-0.2, -0.15) is 0 Å². The number of nitro benzene ring substituents is 1. The van der Waals surface area contributed by atoms with Gasteiger partial charge in [0.1, 0.15) is 30.8 Å². The Hall–Kier alpha value is -5.91. The molecule has 2 aromatic carbocycles. The molecule has 1 aromatic heterocycles. The molecule has 1 saturated carbocycles. The van der Waals surface area contributed by atoms with E-state index in [0.717, 1.165) is 10.2 Å². The van der Waals surface area contributed by atoms with Crippen molar-refractivity contribution in [3.05, 3.63) is 112 Å². The molecule has 17 nitrogen and oxygen atoms in total. The number of carbonyl (C=O) groups is 2. The number of ether oxygens (including phenoxy) is 3. The van der Waals surface area contributed by atoms with E-state index < -0.39 is 51.9 Å². The third kappa shape index (κ3) is 8.37. The highest BCUT2D eigenvalue weighted by Crippen LogP contribution is 2.63. The third-order valence-corrected chi connectivity index (χ3v) is 11.0. The molecule has 0 amide bonds. The summed E-state index contributed by atoms with van der Waals surface area (Å²) >= 11 is 0. The van der Waals surface area contributed by atoms with Crippen LogP contribution in [0.5, 0.6) is 11.5 Å². The number of carboxylic acids is 2. The lowest BCUT2D eigenvalue weighted by Gasteiger charge is -2.58. The van der Waals surface area contributed by atoms with E-state index in [1.807, 2.05) is 6.07 Å². The Kier molecular flexibility index (Phi) is 13.4. The Bertz CT molecular complexity index is 2060. The number of rotatable bonds is 21. The van der Waals surface area contributed by atoms with E-state index in [9.17, 15) is 40.1 Å². The molecule has 17 heteroatoms. The Morgan fingerprint density at radius 3 is 2.40 bits per heavy atom. The number of unbranched alkanes of at least 4 members (excludes halogenated alkanes) is 2. The molecule has 3 aliphatic rings. The first-order valence-corrected chi connectivity index (χ1v) is 19.2. The molecule has 58 heavy (non-hydrogen) atoms. The number of carboxylic acid groups (broad SMARTS) is 2. The van der Waals surface area contributed by atoms with Gasteiger partial charge in [-0.05, 0) is 79.0 Å². The van der Waals surface area contributed by atoms with Crippen LogP contribution in [0, 0.1) is 27.9 Å². The molecule has 2 heterocycles. The van der Waals surface area contributed by atoms with Crippen LogP contribution >= 0.6 is 0 Å². The quantitative estimate of drug-likeness (QED) is 0.0428. The van der Waals surface area contributed by atoms with E-state index in [1.165, 1.54) is 18.2 Å². The molecule has 308 valence electrons. The van der Waals surface area contributed by atoms with Gasteiger partial charge in [-0.25, -0.2) is 14.3 Å². The fourth-order valence-corrected chi connectivity index (χ4v) is 8.58. The number of hydrogen-bond donors (Lipinski definition) is 4. The third-order valence-electron chi connectivity index (χ3n) is 11.0. The maximum atomic E-state index is 12.9. The number of nitrogens with zero attached hydrogens (tertiary/aromatic N) is 5. The van der Waals surface area contributed by atoms with E-state index in [0.29, 0.717) is 66.9 Å². The van der Waals surface area contributed by atoms with Crippen LogP contribution < -0.4 is 9.47 Å². The standard InChI is InChI=1S/C41H47N5O12/c1-3-19-55-28-15-16-33-31(22-28)35-29(10-6-8-18-48)26(9-5-7-17-47)21-30-32(43-57-24-25-11-13-27(14-12-25)46(53)54)23-34(41(58-33,36(30)35)56-20-4-2)45-38(40(51)52)37(39(49)50)42-44-45/h3-4,11-16,21-22,26,29,34-36,47-48H,1-2,5-10,17-20,23-24H2,(H,49,50)(H,51,52)/t26-,29+,34-,35+,36+,41+/m0/s1. The van der Waals surface area contributed by atoms with Crippen molar-refractivity contribution < 1.29 is 54.0 Å². The molecule has 2 aliphatic carbocycles. The molecule has 0 bridgehead atoms. The summed E-state index contributed by atoms with van der Waals surface area (Å²) in [4.78, 5) is 41.9. The van der Waals surface area contributed by atoms with Gasteiger partial charge >= 0.3 is 11.9 Å². The number of hydrogen-bond acceptors (Lipinski definition) is 13. The first-order chi connectivity index (χ1) is 28.1. The number of aliphatic hydroxyl groups excluding tert-OH is 2. The van der Waals surface area contributed by atoms with Crippen LogP contribution in [-0.4, -0.2) is 90.2 Å². The molecule has 0 unspecified atom stereocenters. The summed E-state index contributed by atoms with van der Waals surface area (Å²) in [5.41, 5.74) is 0.964. The van der Waals surface area contributed by atoms with Crippen molar-refractivity contribution in [1.29, 1.82) is 0 Å². The Balaban J connectivity index is 1.60. The van der Waals surface area contributed by atoms with Crippen molar-refractivity contribution in [2.45, 2.75) is 69.3 Å². The van der Waals surface area contributed by atoms with E-state index in [-0.39, 0.29) is 57.0 Å². The maximum absolute atomic E-state index is 12.9. The number of fused-ring (bicyclic) bond motifs is 2. The fraction of sp³-hybridized carbons (Fsp3) is 0.439. The molecule has 1 fully saturated rings. The van der Waals surface area contributed by atoms with Crippen LogP contribution in [0.1, 0.15) is 89.0 Å². The summed E-state index contributed by atoms with van der Waals surface area (Å²) in [6.45, 7) is 7.80. The number of aromatic carboxylic acids is 2. The van der Waals surface area contributed by atoms with Crippen molar-refractivity contribution in [1.82, 2.24) is 15.0 Å². The normalized spacial score (nSPS) is 23.8. The molecule has 0 spiro atoms. The van der Waals surface area contributed by atoms with Crippen LogP contribution in [-0.2, 0) is 16.2 Å². The molecule has 6 atom stereocenters. The number of aromatic nitrogens is 3. The first kappa shape index (κ1) is 41.7. The summed E-state index contributed by atoms with van der Waals surface area (Å²) in [6.07, 6.45) is 9.11. The van der Waals surface area contributed by atoms with Gasteiger partial charge in [0, 0.05) is 43.2 Å². The summed E-state index contributed by atoms with van der Waals surface area (Å²) in [7, 11) is 0. The molecule has 0 radical (unpaired) electrons. The van der Waals surface area contributed by atoms with Crippen molar-refractivity contribution in [3.63, 3.8) is 0 Å². The number of nitro groups is 1. The highest BCUT2D eigenvalue weighted by atomic mass is 16.7. The second-order valence-electron chi connectivity index (χ2n) is 14.4. The molecule has 6 rings (SSSR count). The number of allylic oxidation sites excluding steroid dienone is 1. The first-order valence-electron chi connectivity index (χ1n) is 19.2. The molecule has 3 aromatic rings. The van der Waals surface area contributed by atoms with Crippen molar-refractivity contribution in [3.8, 4) is 11.5 Å². The fourth-order valence-electron chi connectivity index (χ4n) is 8.58. The summed E-state index contributed by atoms with van der Waals surface area (Å²) in [5, 5.41) is 63.8. The smallest absolute Gasteiger partial charge is 0.359 e. The van der Waals surface area contributed by atoms with E-state index >= 15 is 0 Å². The maximum Gasteiger partial charge on any atom is 0.359 e. The summed E-state index contributed by atoms with van der Waals surface area (Å²) < 4.78 is 20.8. The van der Waals surface area contributed by atoms with Gasteiger partial charge in [-0.1, -0.05) is 48.0 Å². The van der Waals surface area contributed by atoms with Crippen LogP contribution in [0.25, 0.3) is 0 Å². The zero-order valence-electron chi connectivity index (χ0n) is 31.9. The molecule has 1 aliphatic heterocycles. The summed E-state index contributed by atoms with van der Waals surface area (Å²) in [6, 6.07) is 10.1. The molecule has 0 saturated heterocycles. The van der Waals surface area contributed by atoms with Crippen molar-refractivity contribution in [2.24, 2.45) is 22.9 Å². The van der Waals surface area contributed by atoms with Gasteiger partial charge in [0.05, 0.1) is 23.2 Å². The predicted octanol–water partition coefficient (Wildman–Crippen LogP) is 5.85. The minimum Gasteiger partial charge on any atom is -0.490 e. The van der Waals surface area contributed by atoms with Crippen molar-refractivity contribution >= 4 is 23.3 Å². The predicted molar refractivity (Wildman–Crippen MR) is 208 cm³/mol. The second-order valence-corrected chi connectivity index (χ2v) is 14.4. The number of non-ortho nitro benzene ring substituents is 1. The van der Waals surface area contributed by atoms with Gasteiger partial charge in [0.2, 0.25) is 11.5 Å². The lowest BCUT2D eigenvalue weighted by atomic mass is 9.55. The topological polar surface area (TPSA) is 238 Å². The number of benzene rings is 2. The average Bonchev–Trinajstić information content (AvgIpc) is 3.67. The Labute approximate surface area is 334 Å². The van der Waals surface area contributed by atoms with Gasteiger partial charge in [-0.15, -0.1) is 11.7 Å². The van der Waals surface area contributed by atoms with Crippen LogP contribution in [0.2, 0.25) is 0 Å². The highest BCUT2D eigenvalue weighted by molar-refractivity contribution is 6.03. The van der Waals surface area contributed by atoms with E-state index in [4.69, 9.17) is 19.0 Å². The minimum atomic E-state index is -1.74. The van der Waals surface area contributed by atoms with Crippen LogP contribution in [0.3, 0.4) is 0 Å². The Morgan fingerprint density at radius 1 is 1.02 bits per heavy atom. The molecule has 4 N–H and O–H groups in total. The lowest BCUT2D eigenvalue weighted by Crippen LogP contribution is -2.63. The monoisotopic (exact) mass is 801 g/mol. The van der Waals surface area contributed by atoms with Crippen LogP contribution in [0.15, 0.2) is 84.6 Å². The zero-order chi connectivity index (χ0) is 41.4. The van der Waals surface area contributed by atoms with Gasteiger partial charge in [-0.3, -0.25) is 10.1 Å². The average molecular weight is 802 g/mol. The SMILES string of the molecule is C=CCOc1ccc2c(c1)[C@H]1[C@H](CCCCO)[C@@H](CCCCO)C=C3C(=NOCc4ccc([N+](=O)[O-])cc4)C[C@H](n4nnc(C(=O)O)c4C(=O)O)[C@@](OCC=C)(O2)[C@H]31. The minimum absolute atomic E-state index is 0.00383. The number of oxime groups is 1. The van der Waals surface area contributed by atoms with Crippen molar-refractivity contribution in [2.75, 3.05) is 26.4 Å². The highest BCUT2D eigenvalue weighted by Gasteiger charge is 2.65. The zero-order valence-corrected chi connectivity index (χ0v) is 31.9. The second kappa shape index (κ2) is 18.6. The van der Waals surface area contributed by atoms with Gasteiger partial charge in [0.25, 0.3) is 5.69 Å². The lowest BCUT2D eigenvalue weighted by molar-refractivity contribution is -0.384. The van der Waals surface area contributed by atoms with Gasteiger partial charge in [0.15, 0.2) is 5.69 Å². The molecular formula is C41H47N5O12. The van der Waals surface area contributed by atoms with E-state index in [2.05, 4.69) is 34.7 Å². The van der Waals surface area contributed by atoms with E-state index in [1.54, 1.807) is 30.3 Å². The largest absolute Gasteiger partial charge is 0.490 e. The van der Waals surface area contributed by atoms with Crippen LogP contribution in [0.4, 0.5) is 5.69 Å².